The van der Waals surface area contributed by atoms with Gasteiger partial charge in [0.05, 0.1) is 12.7 Å². The van der Waals surface area contributed by atoms with E-state index in [4.69, 9.17) is 4.74 Å². The van der Waals surface area contributed by atoms with Gasteiger partial charge in [-0.2, -0.15) is 0 Å². The molecular weight excluding hydrogens is 230 g/mol. The average Bonchev–Trinajstić information content (AvgIpc) is 3.13. The van der Waals surface area contributed by atoms with Crippen molar-refractivity contribution in [3.63, 3.8) is 0 Å². The van der Waals surface area contributed by atoms with Crippen LogP contribution in [-0.2, 0) is 9.53 Å². The average molecular weight is 257 g/mol. The predicted octanol–water partition coefficient (Wildman–Crippen LogP) is 2.28. The van der Waals surface area contributed by atoms with E-state index < -0.39 is 11.5 Å². The highest BCUT2D eigenvalue weighted by Gasteiger charge is 2.51. The number of nitrogens with one attached hydrogen (secondary N) is 1. The highest BCUT2D eigenvalue weighted by molar-refractivity contribution is 5.80. The molecule has 0 aromatic rings. The van der Waals surface area contributed by atoms with Crippen molar-refractivity contribution >= 4 is 5.97 Å². The van der Waals surface area contributed by atoms with Crippen LogP contribution in [0.4, 0.5) is 0 Å². The Balaban J connectivity index is 2.66. The molecule has 18 heavy (non-hydrogen) atoms. The summed E-state index contributed by atoms with van der Waals surface area (Å²) in [6.07, 6.45) is 3.00. The molecule has 0 saturated heterocycles. The molecule has 0 spiro atoms. The number of rotatable bonds is 9. The van der Waals surface area contributed by atoms with Crippen molar-refractivity contribution in [2.24, 2.45) is 11.8 Å². The van der Waals surface area contributed by atoms with Gasteiger partial charge in [-0.15, -0.1) is 0 Å². The van der Waals surface area contributed by atoms with Crippen LogP contribution in [0.3, 0.4) is 0 Å². The lowest BCUT2D eigenvalue weighted by molar-refractivity contribution is -0.150. The minimum Gasteiger partial charge on any atom is -0.480 e. The summed E-state index contributed by atoms with van der Waals surface area (Å²) in [6, 6.07) is 0. The minimum absolute atomic E-state index is 0.0888. The van der Waals surface area contributed by atoms with Gasteiger partial charge >= 0.3 is 5.97 Å². The van der Waals surface area contributed by atoms with Gasteiger partial charge in [-0.3, -0.25) is 10.1 Å². The second-order valence-corrected chi connectivity index (χ2v) is 5.74. The number of carboxylic acid groups (broad SMARTS) is 1. The van der Waals surface area contributed by atoms with Gasteiger partial charge in [0.25, 0.3) is 0 Å². The molecule has 4 nitrogen and oxygen atoms in total. The predicted molar refractivity (Wildman–Crippen MR) is 71.6 cm³/mol. The second-order valence-electron chi connectivity index (χ2n) is 5.74. The molecule has 1 rings (SSSR count). The summed E-state index contributed by atoms with van der Waals surface area (Å²) in [5.74, 6) is -0.141. The maximum atomic E-state index is 11.6. The Labute approximate surface area is 110 Å². The molecule has 1 saturated carbocycles. The van der Waals surface area contributed by atoms with Crippen LogP contribution in [-0.4, -0.2) is 35.9 Å². The molecule has 106 valence electrons. The van der Waals surface area contributed by atoms with E-state index in [1.165, 1.54) is 0 Å². The second kappa shape index (κ2) is 6.53. The Morgan fingerprint density at radius 2 is 2.06 bits per heavy atom. The number of carboxylic acids is 1. The largest absolute Gasteiger partial charge is 0.480 e. The Morgan fingerprint density at radius 1 is 1.44 bits per heavy atom. The fourth-order valence-corrected chi connectivity index (χ4v) is 2.00. The molecule has 0 aliphatic heterocycles. The van der Waals surface area contributed by atoms with Crippen molar-refractivity contribution in [1.82, 2.24) is 5.32 Å². The van der Waals surface area contributed by atoms with Gasteiger partial charge in [0.2, 0.25) is 0 Å². The Hall–Kier alpha value is -0.610. The molecule has 1 aliphatic rings. The zero-order valence-electron chi connectivity index (χ0n) is 12.0. The molecule has 0 bridgehead atoms. The zero-order chi connectivity index (χ0) is 13.8. The maximum absolute atomic E-state index is 11.6. The number of carbonyl (C=O) groups is 1. The number of ether oxygens (including phenoxy) is 1. The third kappa shape index (κ3) is 3.69. The SMILES string of the molecule is CCCNC(COC(C)C(C)C)(C(=O)O)C1CC1. The first-order valence-electron chi connectivity index (χ1n) is 7.04. The molecule has 0 aromatic carbocycles. The van der Waals surface area contributed by atoms with Crippen molar-refractivity contribution in [2.75, 3.05) is 13.2 Å². The normalized spacial score (nSPS) is 20.7. The summed E-state index contributed by atoms with van der Waals surface area (Å²) in [5, 5.41) is 12.8. The molecule has 0 amide bonds. The Kier molecular flexibility index (Phi) is 5.60. The van der Waals surface area contributed by atoms with Crippen LogP contribution >= 0.6 is 0 Å². The van der Waals surface area contributed by atoms with Crippen LogP contribution in [0.25, 0.3) is 0 Å². The van der Waals surface area contributed by atoms with E-state index in [0.717, 1.165) is 25.8 Å². The summed E-state index contributed by atoms with van der Waals surface area (Å²) in [4.78, 5) is 11.6. The summed E-state index contributed by atoms with van der Waals surface area (Å²) < 4.78 is 5.79. The van der Waals surface area contributed by atoms with Crippen molar-refractivity contribution in [3.8, 4) is 0 Å². The van der Waals surface area contributed by atoms with Crippen molar-refractivity contribution in [2.45, 2.75) is 58.6 Å². The highest BCUT2D eigenvalue weighted by Crippen LogP contribution is 2.40. The lowest BCUT2D eigenvalue weighted by Crippen LogP contribution is -2.58. The van der Waals surface area contributed by atoms with E-state index in [-0.39, 0.29) is 18.6 Å². The lowest BCUT2D eigenvalue weighted by atomic mass is 9.93. The molecule has 1 aliphatic carbocycles. The van der Waals surface area contributed by atoms with E-state index in [9.17, 15) is 9.90 Å². The minimum atomic E-state index is -0.876. The monoisotopic (exact) mass is 257 g/mol. The molecule has 0 heterocycles. The summed E-state index contributed by atoms with van der Waals surface area (Å²) in [7, 11) is 0. The molecule has 0 aromatic heterocycles. The fraction of sp³-hybridized carbons (Fsp3) is 0.929. The summed E-state index contributed by atoms with van der Waals surface area (Å²) in [5.41, 5.74) is -0.876. The van der Waals surface area contributed by atoms with Gasteiger partial charge in [-0.25, -0.2) is 0 Å². The smallest absolute Gasteiger partial charge is 0.326 e. The van der Waals surface area contributed by atoms with Crippen LogP contribution in [0, 0.1) is 11.8 Å². The summed E-state index contributed by atoms with van der Waals surface area (Å²) >= 11 is 0. The Morgan fingerprint density at radius 3 is 2.44 bits per heavy atom. The number of hydrogen-bond acceptors (Lipinski definition) is 3. The Bertz CT molecular complexity index is 276. The fourth-order valence-electron chi connectivity index (χ4n) is 2.00. The first kappa shape index (κ1) is 15.4. The van der Waals surface area contributed by atoms with E-state index in [2.05, 4.69) is 19.2 Å². The van der Waals surface area contributed by atoms with Gasteiger partial charge in [0.1, 0.15) is 5.54 Å². The molecule has 4 heteroatoms. The topological polar surface area (TPSA) is 58.6 Å². The highest BCUT2D eigenvalue weighted by atomic mass is 16.5. The van der Waals surface area contributed by atoms with Gasteiger partial charge in [0, 0.05) is 0 Å². The van der Waals surface area contributed by atoms with Crippen LogP contribution in [0.1, 0.15) is 47.0 Å². The lowest BCUT2D eigenvalue weighted by Gasteiger charge is -2.32. The molecule has 2 unspecified atom stereocenters. The molecule has 1 fully saturated rings. The molecule has 0 radical (unpaired) electrons. The summed E-state index contributed by atoms with van der Waals surface area (Å²) in [6.45, 7) is 9.22. The van der Waals surface area contributed by atoms with Crippen LogP contribution in [0.5, 0.6) is 0 Å². The first-order valence-corrected chi connectivity index (χ1v) is 7.04. The maximum Gasteiger partial charge on any atom is 0.326 e. The van der Waals surface area contributed by atoms with Gasteiger partial charge in [-0.1, -0.05) is 20.8 Å². The van der Waals surface area contributed by atoms with Crippen LogP contribution in [0.2, 0.25) is 0 Å². The van der Waals surface area contributed by atoms with E-state index >= 15 is 0 Å². The van der Waals surface area contributed by atoms with E-state index in [1.807, 2.05) is 13.8 Å². The van der Waals surface area contributed by atoms with Crippen molar-refractivity contribution in [3.05, 3.63) is 0 Å². The molecule has 2 N–H and O–H groups in total. The van der Waals surface area contributed by atoms with Gasteiger partial charge < -0.3 is 9.84 Å². The van der Waals surface area contributed by atoms with Crippen LogP contribution in [0.15, 0.2) is 0 Å². The third-order valence-corrected chi connectivity index (χ3v) is 3.86. The van der Waals surface area contributed by atoms with Crippen LogP contribution < -0.4 is 5.32 Å². The van der Waals surface area contributed by atoms with Gasteiger partial charge in [-0.05, 0) is 44.6 Å². The number of aliphatic carboxylic acids is 1. The molecule has 2 atom stereocenters. The quantitative estimate of drug-likeness (QED) is 0.665. The van der Waals surface area contributed by atoms with Gasteiger partial charge in [0.15, 0.2) is 0 Å². The zero-order valence-corrected chi connectivity index (χ0v) is 12.0. The number of hydrogen-bond donors (Lipinski definition) is 2. The third-order valence-electron chi connectivity index (χ3n) is 3.86. The van der Waals surface area contributed by atoms with Crippen molar-refractivity contribution in [1.29, 1.82) is 0 Å². The standard InChI is InChI=1S/C14H27NO3/c1-5-8-15-14(13(16)17,12-6-7-12)9-18-11(4)10(2)3/h10-12,15H,5-9H2,1-4H3,(H,16,17). The van der Waals surface area contributed by atoms with E-state index in [0.29, 0.717) is 5.92 Å². The molecular formula is C14H27NO3. The van der Waals surface area contributed by atoms with Crippen molar-refractivity contribution < 1.29 is 14.6 Å². The first-order chi connectivity index (χ1) is 8.44. The van der Waals surface area contributed by atoms with E-state index in [1.54, 1.807) is 0 Å².